The Kier molecular flexibility index (Phi) is 6.48. The molecule has 2 atom stereocenters. The van der Waals surface area contributed by atoms with Crippen LogP contribution in [0.25, 0.3) is 0 Å². The summed E-state index contributed by atoms with van der Waals surface area (Å²) in [5, 5.41) is 0.780. The molecule has 1 heterocycles. The number of ether oxygens (including phenoxy) is 1. The van der Waals surface area contributed by atoms with Crippen molar-refractivity contribution in [2.45, 2.75) is 44.1 Å². The van der Waals surface area contributed by atoms with E-state index in [1.54, 1.807) is 0 Å². The second-order valence-electron chi connectivity index (χ2n) is 9.43. The molecule has 1 saturated carbocycles. The Morgan fingerprint density at radius 2 is 1.97 bits per heavy atom. The number of fused-ring (bicyclic) bond motifs is 1. The van der Waals surface area contributed by atoms with Gasteiger partial charge in [-0.15, -0.1) is 0 Å². The fourth-order valence-electron chi connectivity index (χ4n) is 5.01. The van der Waals surface area contributed by atoms with E-state index in [1.807, 2.05) is 18.2 Å². The summed E-state index contributed by atoms with van der Waals surface area (Å²) in [6.07, 6.45) is 5.37. The van der Waals surface area contributed by atoms with Gasteiger partial charge in [0.2, 0.25) is 10.0 Å². The van der Waals surface area contributed by atoms with Crippen LogP contribution in [0.1, 0.15) is 41.9 Å². The number of hydrogen-bond donors (Lipinski definition) is 1. The molecule has 1 saturated heterocycles. The summed E-state index contributed by atoms with van der Waals surface area (Å²) in [5.41, 5.74) is 4.01. The van der Waals surface area contributed by atoms with E-state index in [0.29, 0.717) is 31.0 Å². The van der Waals surface area contributed by atoms with Crippen molar-refractivity contribution >= 4 is 21.6 Å². The maximum atomic E-state index is 12.0. The number of rotatable bonds is 10. The molecule has 2 aromatic carbocycles. The van der Waals surface area contributed by atoms with Gasteiger partial charge in [-0.2, -0.15) is 0 Å². The van der Waals surface area contributed by atoms with Gasteiger partial charge in [-0.25, -0.2) is 13.1 Å². The van der Waals surface area contributed by atoms with Crippen LogP contribution in [0, 0.1) is 5.92 Å². The number of halogens is 1. The zero-order valence-corrected chi connectivity index (χ0v) is 19.9. The van der Waals surface area contributed by atoms with Crippen LogP contribution in [0.3, 0.4) is 0 Å². The summed E-state index contributed by atoms with van der Waals surface area (Å²) in [5.74, 6) is 1.81. The fourth-order valence-corrected chi connectivity index (χ4v) is 6.69. The van der Waals surface area contributed by atoms with Crippen LogP contribution in [0.4, 0.5) is 0 Å². The second-order valence-corrected chi connectivity index (χ2v) is 11.7. The van der Waals surface area contributed by atoms with Gasteiger partial charge >= 0.3 is 0 Å². The molecule has 32 heavy (non-hydrogen) atoms. The molecule has 0 bridgehead atoms. The van der Waals surface area contributed by atoms with Gasteiger partial charge in [-0.1, -0.05) is 29.8 Å². The van der Waals surface area contributed by atoms with Crippen LogP contribution in [0.5, 0.6) is 5.75 Å². The molecule has 2 fully saturated rings. The number of nitrogens with one attached hydrogen (secondary N) is 1. The molecule has 3 aliphatic rings. The van der Waals surface area contributed by atoms with Gasteiger partial charge in [-0.05, 0) is 92.1 Å². The van der Waals surface area contributed by atoms with Crippen LogP contribution < -0.4 is 9.46 Å². The van der Waals surface area contributed by atoms with Gasteiger partial charge in [0, 0.05) is 23.5 Å². The smallest absolute Gasteiger partial charge is 0.211 e. The monoisotopic (exact) mass is 474 g/mol. The molecule has 5 nitrogen and oxygen atoms in total. The number of nitrogens with zero attached hydrogens (tertiary/aromatic N) is 1. The fraction of sp³-hybridized carbons (Fsp3) is 0.520. The highest BCUT2D eigenvalue weighted by Crippen LogP contribution is 2.41. The quantitative estimate of drug-likeness (QED) is 0.529. The predicted molar refractivity (Wildman–Crippen MR) is 128 cm³/mol. The van der Waals surface area contributed by atoms with Crippen molar-refractivity contribution in [3.05, 3.63) is 64.2 Å². The molecule has 2 aromatic rings. The molecule has 5 rings (SSSR count). The number of hydrogen-bond acceptors (Lipinski definition) is 4. The molecule has 1 N–H and O–H groups in total. The van der Waals surface area contributed by atoms with Crippen LogP contribution in [-0.2, 0) is 22.9 Å². The van der Waals surface area contributed by atoms with Gasteiger partial charge in [0.1, 0.15) is 12.4 Å². The SMILES string of the molecule is O=S(=O)(CC1CC1)NCCOc1ccc2c(c1)C(Cc1cccc(Cl)c1)C(N1CCC1)C2. The lowest BCUT2D eigenvalue weighted by Crippen LogP contribution is -2.47. The lowest BCUT2D eigenvalue weighted by molar-refractivity contribution is 0.106. The van der Waals surface area contributed by atoms with Crippen molar-refractivity contribution in [1.29, 1.82) is 0 Å². The van der Waals surface area contributed by atoms with E-state index in [-0.39, 0.29) is 5.75 Å². The first kappa shape index (κ1) is 22.2. The number of benzene rings is 2. The topological polar surface area (TPSA) is 58.6 Å². The van der Waals surface area contributed by atoms with E-state index < -0.39 is 10.0 Å². The Hall–Kier alpha value is -1.60. The molecule has 0 radical (unpaired) electrons. The highest BCUT2D eigenvalue weighted by atomic mass is 35.5. The van der Waals surface area contributed by atoms with Gasteiger partial charge in [0.25, 0.3) is 0 Å². The van der Waals surface area contributed by atoms with Crippen LogP contribution >= 0.6 is 11.6 Å². The van der Waals surface area contributed by atoms with E-state index in [9.17, 15) is 8.42 Å². The van der Waals surface area contributed by atoms with Crippen molar-refractivity contribution in [2.75, 3.05) is 32.0 Å². The lowest BCUT2D eigenvalue weighted by Gasteiger charge is -2.39. The summed E-state index contributed by atoms with van der Waals surface area (Å²) in [6.45, 7) is 2.98. The Labute approximate surface area is 196 Å². The molecule has 2 aliphatic carbocycles. The molecular weight excluding hydrogens is 444 g/mol. The Bertz CT molecular complexity index is 1070. The molecule has 172 valence electrons. The summed E-state index contributed by atoms with van der Waals surface area (Å²) in [7, 11) is -3.19. The van der Waals surface area contributed by atoms with Crippen LogP contribution in [-0.4, -0.2) is 51.4 Å². The molecular formula is C25H31ClN2O3S. The Morgan fingerprint density at radius 1 is 1.12 bits per heavy atom. The minimum Gasteiger partial charge on any atom is -0.492 e. The molecule has 0 amide bonds. The van der Waals surface area contributed by atoms with Gasteiger partial charge < -0.3 is 4.74 Å². The zero-order valence-electron chi connectivity index (χ0n) is 18.3. The van der Waals surface area contributed by atoms with Crippen LogP contribution in [0.15, 0.2) is 42.5 Å². The maximum absolute atomic E-state index is 12.0. The van der Waals surface area contributed by atoms with Gasteiger partial charge in [-0.3, -0.25) is 4.90 Å². The van der Waals surface area contributed by atoms with Gasteiger partial charge in [0.15, 0.2) is 0 Å². The summed E-state index contributed by atoms with van der Waals surface area (Å²) in [6, 6.07) is 15.1. The second kappa shape index (κ2) is 9.34. The van der Waals surface area contributed by atoms with Crippen LogP contribution in [0.2, 0.25) is 5.02 Å². The van der Waals surface area contributed by atoms with E-state index in [1.165, 1.54) is 36.2 Å². The third-order valence-electron chi connectivity index (χ3n) is 6.96. The zero-order chi connectivity index (χ0) is 22.1. The minimum absolute atomic E-state index is 0.245. The first-order valence-corrected chi connectivity index (χ1v) is 13.7. The third-order valence-corrected chi connectivity index (χ3v) is 8.75. The highest BCUT2D eigenvalue weighted by Gasteiger charge is 2.38. The van der Waals surface area contributed by atoms with Crippen molar-refractivity contribution < 1.29 is 13.2 Å². The Morgan fingerprint density at radius 3 is 2.69 bits per heavy atom. The predicted octanol–water partition coefficient (Wildman–Crippen LogP) is 4.00. The maximum Gasteiger partial charge on any atom is 0.211 e. The average molecular weight is 475 g/mol. The average Bonchev–Trinajstić information content (AvgIpc) is 3.45. The molecule has 1 aliphatic heterocycles. The Balaban J connectivity index is 1.25. The van der Waals surface area contributed by atoms with E-state index in [4.69, 9.17) is 16.3 Å². The van der Waals surface area contributed by atoms with E-state index in [0.717, 1.165) is 36.5 Å². The molecule has 0 aromatic heterocycles. The standard InChI is InChI=1S/C25H31ClN2O3S/c26-21-4-1-3-19(13-21)14-24-23-16-22(8-7-20(23)15-25(24)28-10-2-11-28)31-12-9-27-32(29,30)17-18-5-6-18/h1,3-4,7-8,13,16,18,24-25,27H,2,5-6,9-12,14-15,17H2. The summed E-state index contributed by atoms with van der Waals surface area (Å²) < 4.78 is 32.7. The van der Waals surface area contributed by atoms with E-state index >= 15 is 0 Å². The first-order valence-electron chi connectivity index (χ1n) is 11.7. The largest absolute Gasteiger partial charge is 0.492 e. The van der Waals surface area contributed by atoms with Gasteiger partial charge in [0.05, 0.1) is 5.75 Å². The van der Waals surface area contributed by atoms with Crippen molar-refractivity contribution in [3.8, 4) is 5.75 Å². The summed E-state index contributed by atoms with van der Waals surface area (Å²) >= 11 is 6.25. The van der Waals surface area contributed by atoms with Crippen molar-refractivity contribution in [1.82, 2.24) is 9.62 Å². The lowest BCUT2D eigenvalue weighted by atomic mass is 9.89. The summed E-state index contributed by atoms with van der Waals surface area (Å²) in [4.78, 5) is 2.60. The molecule has 7 heteroatoms. The van der Waals surface area contributed by atoms with E-state index in [2.05, 4.69) is 33.9 Å². The molecule has 0 spiro atoms. The van der Waals surface area contributed by atoms with Crippen molar-refractivity contribution in [2.24, 2.45) is 5.92 Å². The minimum atomic E-state index is -3.19. The highest BCUT2D eigenvalue weighted by molar-refractivity contribution is 7.89. The third kappa shape index (κ3) is 5.30. The molecule has 2 unspecified atom stereocenters. The normalized spacial score (nSPS) is 23.0. The number of likely N-dealkylation sites (tertiary alicyclic amines) is 1. The van der Waals surface area contributed by atoms with Crippen molar-refractivity contribution in [3.63, 3.8) is 0 Å². The number of sulfonamides is 1. The first-order chi connectivity index (χ1) is 15.5.